The highest BCUT2D eigenvalue weighted by Crippen LogP contribution is 2.25. The maximum atomic E-state index is 11.5. The number of hydrogen-bond acceptors (Lipinski definition) is 3. The summed E-state index contributed by atoms with van der Waals surface area (Å²) in [6.07, 6.45) is 1.22. The molecule has 5 heteroatoms. The second-order valence-electron chi connectivity index (χ2n) is 5.19. The molecule has 0 amide bonds. The van der Waals surface area contributed by atoms with Crippen molar-refractivity contribution < 1.29 is 8.42 Å². The van der Waals surface area contributed by atoms with Crippen LogP contribution in [-0.4, -0.2) is 33.7 Å². The summed E-state index contributed by atoms with van der Waals surface area (Å²) >= 11 is 0. The van der Waals surface area contributed by atoms with Gasteiger partial charge in [0.15, 0.2) is 9.84 Å². The van der Waals surface area contributed by atoms with Gasteiger partial charge in [-0.3, -0.25) is 0 Å². The van der Waals surface area contributed by atoms with E-state index >= 15 is 0 Å². The van der Waals surface area contributed by atoms with E-state index in [0.29, 0.717) is 4.90 Å². The molecule has 2 aromatic carbocycles. The lowest BCUT2D eigenvalue weighted by molar-refractivity contribution is 0.403. The average molecular weight is 326 g/mol. The molecule has 0 heterocycles. The monoisotopic (exact) mass is 325 g/mol. The van der Waals surface area contributed by atoms with E-state index in [4.69, 9.17) is 0 Å². The topological polar surface area (TPSA) is 37.4 Å². The molecule has 0 spiro atoms. The van der Waals surface area contributed by atoms with E-state index in [0.717, 1.165) is 17.7 Å². The predicted octanol–water partition coefficient (Wildman–Crippen LogP) is 3.24. The molecular weight excluding hydrogens is 306 g/mol. The molecule has 0 saturated carbocycles. The van der Waals surface area contributed by atoms with E-state index in [1.54, 1.807) is 12.1 Å². The third kappa shape index (κ3) is 4.56. The molecule has 0 fully saturated rings. The van der Waals surface area contributed by atoms with Crippen LogP contribution in [0.3, 0.4) is 0 Å². The number of sulfone groups is 1. The van der Waals surface area contributed by atoms with E-state index in [2.05, 4.69) is 17.0 Å². The zero-order valence-corrected chi connectivity index (χ0v) is 14.0. The second kappa shape index (κ2) is 7.07. The number of rotatable bonds is 4. The number of halogens is 1. The number of hydrogen-bond donors (Lipinski definition) is 0. The maximum Gasteiger partial charge on any atom is 0.175 e. The molecule has 0 atom stereocenters. The first-order valence-electron chi connectivity index (χ1n) is 6.41. The van der Waals surface area contributed by atoms with Crippen LogP contribution in [0.5, 0.6) is 0 Å². The third-order valence-corrected chi connectivity index (χ3v) is 4.23. The van der Waals surface area contributed by atoms with Gasteiger partial charge in [-0.05, 0) is 42.9 Å². The zero-order chi connectivity index (χ0) is 14.8. The van der Waals surface area contributed by atoms with Gasteiger partial charge >= 0.3 is 0 Å². The highest BCUT2D eigenvalue weighted by Gasteiger charge is 2.09. The van der Waals surface area contributed by atoms with E-state index in [1.807, 2.05) is 38.4 Å². The minimum atomic E-state index is -3.14. The van der Waals surface area contributed by atoms with Crippen molar-refractivity contribution in [2.75, 3.05) is 20.4 Å². The Morgan fingerprint density at radius 2 is 1.52 bits per heavy atom. The van der Waals surface area contributed by atoms with Crippen LogP contribution in [0.15, 0.2) is 53.4 Å². The summed E-state index contributed by atoms with van der Waals surface area (Å²) in [6.45, 7) is 0.851. The van der Waals surface area contributed by atoms with Crippen molar-refractivity contribution in [3.63, 3.8) is 0 Å². The molecular formula is C16H20ClNO2S. The van der Waals surface area contributed by atoms with E-state index in [-0.39, 0.29) is 12.4 Å². The lowest BCUT2D eigenvalue weighted by Crippen LogP contribution is -2.11. The quantitative estimate of drug-likeness (QED) is 0.866. The summed E-state index contributed by atoms with van der Waals surface area (Å²) < 4.78 is 23.0. The Kier molecular flexibility index (Phi) is 5.96. The standard InChI is InChI=1S/C16H19NO2S.ClH/c1-17(2)12-14-6-4-5-7-16(14)13-8-10-15(11-9-13)20(3,18)19;/h4-11H,12H2,1-3H3;1H. The molecule has 0 aromatic heterocycles. The van der Waals surface area contributed by atoms with E-state index in [9.17, 15) is 8.42 Å². The zero-order valence-electron chi connectivity index (χ0n) is 12.4. The molecule has 0 aliphatic rings. The van der Waals surface area contributed by atoms with Crippen molar-refractivity contribution in [1.82, 2.24) is 4.90 Å². The van der Waals surface area contributed by atoms with Crippen LogP contribution in [-0.2, 0) is 16.4 Å². The Hall–Kier alpha value is -1.36. The smallest absolute Gasteiger partial charge is 0.175 e. The van der Waals surface area contributed by atoms with Crippen molar-refractivity contribution in [2.24, 2.45) is 0 Å². The van der Waals surface area contributed by atoms with Crippen molar-refractivity contribution in [3.8, 4) is 11.1 Å². The van der Waals surface area contributed by atoms with Crippen LogP contribution in [0, 0.1) is 0 Å². The molecule has 0 bridgehead atoms. The Morgan fingerprint density at radius 3 is 2.05 bits per heavy atom. The maximum absolute atomic E-state index is 11.5. The van der Waals surface area contributed by atoms with Gasteiger partial charge in [0, 0.05) is 12.8 Å². The van der Waals surface area contributed by atoms with Crippen LogP contribution in [0.2, 0.25) is 0 Å². The van der Waals surface area contributed by atoms with Crippen molar-refractivity contribution in [3.05, 3.63) is 54.1 Å². The Bertz CT molecular complexity index is 694. The van der Waals surface area contributed by atoms with Crippen LogP contribution < -0.4 is 0 Å². The van der Waals surface area contributed by atoms with Gasteiger partial charge in [-0.15, -0.1) is 12.4 Å². The van der Waals surface area contributed by atoms with Gasteiger partial charge in [-0.25, -0.2) is 8.42 Å². The van der Waals surface area contributed by atoms with Crippen molar-refractivity contribution in [2.45, 2.75) is 11.4 Å². The molecule has 2 aromatic rings. The van der Waals surface area contributed by atoms with Gasteiger partial charge in [0.25, 0.3) is 0 Å². The summed E-state index contributed by atoms with van der Waals surface area (Å²) in [5.41, 5.74) is 3.40. The minimum Gasteiger partial charge on any atom is -0.305 e. The Balaban J connectivity index is 0.00000220. The molecule has 0 unspecified atom stereocenters. The van der Waals surface area contributed by atoms with Gasteiger partial charge in [0.05, 0.1) is 4.90 Å². The van der Waals surface area contributed by atoms with Crippen molar-refractivity contribution in [1.29, 1.82) is 0 Å². The molecule has 114 valence electrons. The van der Waals surface area contributed by atoms with Crippen LogP contribution >= 0.6 is 12.4 Å². The summed E-state index contributed by atoms with van der Waals surface area (Å²) in [5, 5.41) is 0. The molecule has 0 N–H and O–H groups in total. The first-order valence-corrected chi connectivity index (χ1v) is 8.30. The average Bonchev–Trinajstić information content (AvgIpc) is 2.38. The van der Waals surface area contributed by atoms with Crippen LogP contribution in [0.1, 0.15) is 5.56 Å². The normalized spacial score (nSPS) is 11.2. The summed E-state index contributed by atoms with van der Waals surface area (Å²) in [6, 6.07) is 15.2. The fraction of sp³-hybridized carbons (Fsp3) is 0.250. The second-order valence-corrected chi connectivity index (χ2v) is 7.21. The molecule has 21 heavy (non-hydrogen) atoms. The Labute approximate surface area is 132 Å². The first-order chi connectivity index (χ1) is 9.38. The van der Waals surface area contributed by atoms with E-state index < -0.39 is 9.84 Å². The first kappa shape index (κ1) is 17.7. The van der Waals surface area contributed by atoms with Crippen molar-refractivity contribution >= 4 is 22.2 Å². The van der Waals surface area contributed by atoms with Gasteiger partial charge in [0.2, 0.25) is 0 Å². The molecule has 0 saturated heterocycles. The van der Waals surface area contributed by atoms with Gasteiger partial charge in [-0.2, -0.15) is 0 Å². The van der Waals surface area contributed by atoms with Gasteiger partial charge < -0.3 is 4.90 Å². The predicted molar refractivity (Wildman–Crippen MR) is 89.6 cm³/mol. The van der Waals surface area contributed by atoms with E-state index in [1.165, 1.54) is 11.8 Å². The summed E-state index contributed by atoms with van der Waals surface area (Å²) in [4.78, 5) is 2.47. The highest BCUT2D eigenvalue weighted by atomic mass is 35.5. The molecule has 0 aliphatic carbocycles. The van der Waals surface area contributed by atoms with Gasteiger partial charge in [0.1, 0.15) is 0 Å². The molecule has 0 radical (unpaired) electrons. The van der Waals surface area contributed by atoms with Crippen LogP contribution in [0.25, 0.3) is 11.1 Å². The Morgan fingerprint density at radius 1 is 0.952 bits per heavy atom. The van der Waals surface area contributed by atoms with Crippen LogP contribution in [0.4, 0.5) is 0 Å². The lowest BCUT2D eigenvalue weighted by Gasteiger charge is -2.14. The number of nitrogens with zero attached hydrogens (tertiary/aromatic N) is 1. The summed E-state index contributed by atoms with van der Waals surface area (Å²) in [7, 11) is 0.923. The molecule has 3 nitrogen and oxygen atoms in total. The molecule has 0 aliphatic heterocycles. The molecule has 2 rings (SSSR count). The fourth-order valence-electron chi connectivity index (χ4n) is 2.16. The SMILES string of the molecule is CN(C)Cc1ccccc1-c1ccc(S(C)(=O)=O)cc1.Cl. The summed E-state index contributed by atoms with van der Waals surface area (Å²) in [5.74, 6) is 0. The number of benzene rings is 2. The lowest BCUT2D eigenvalue weighted by atomic mass is 9.99. The third-order valence-electron chi connectivity index (χ3n) is 3.10. The van der Waals surface area contributed by atoms with Gasteiger partial charge in [-0.1, -0.05) is 36.4 Å². The minimum absolute atomic E-state index is 0. The highest BCUT2D eigenvalue weighted by molar-refractivity contribution is 7.90. The fourth-order valence-corrected chi connectivity index (χ4v) is 2.79. The largest absolute Gasteiger partial charge is 0.305 e.